The zero-order valence-electron chi connectivity index (χ0n) is 13.6. The Morgan fingerprint density at radius 3 is 2.77 bits per heavy atom. The summed E-state index contributed by atoms with van der Waals surface area (Å²) in [5, 5.41) is 4.36. The van der Waals surface area contributed by atoms with E-state index in [0.717, 1.165) is 6.26 Å². The predicted octanol–water partition coefficient (Wildman–Crippen LogP) is 2.00. The number of sulfonamides is 1. The van der Waals surface area contributed by atoms with Crippen molar-refractivity contribution in [2.24, 2.45) is 0 Å². The van der Waals surface area contributed by atoms with E-state index in [0.29, 0.717) is 34.2 Å². The van der Waals surface area contributed by atoms with Crippen LogP contribution in [0.4, 0.5) is 11.5 Å². The van der Waals surface area contributed by atoms with E-state index in [1.807, 2.05) is 0 Å². The molecule has 0 saturated carbocycles. The Bertz CT molecular complexity index is 1200. The van der Waals surface area contributed by atoms with Gasteiger partial charge in [-0.05, 0) is 24.3 Å². The Balaban J connectivity index is 1.79. The summed E-state index contributed by atoms with van der Waals surface area (Å²) in [5.74, 6) is 1.12. The van der Waals surface area contributed by atoms with Gasteiger partial charge in [-0.25, -0.2) is 22.9 Å². The minimum Gasteiger partial charge on any atom is -0.461 e. The molecule has 3 aromatic heterocycles. The number of nitrogens with two attached hydrogens (primary N) is 1. The quantitative estimate of drug-likeness (QED) is 0.562. The number of furan rings is 1. The Kier molecular flexibility index (Phi) is 3.62. The summed E-state index contributed by atoms with van der Waals surface area (Å²) < 4.78 is 32.1. The molecule has 4 rings (SSSR count). The number of nitrogens with zero attached hydrogens (tertiary/aromatic N) is 4. The average molecular weight is 370 g/mol. The van der Waals surface area contributed by atoms with Crippen LogP contribution in [-0.2, 0) is 10.0 Å². The maximum atomic E-state index is 11.4. The standard InChI is InChI=1S/C16H14N6O3S/c1-26(23,24)21-11-5-2-4-10(8-11)12-9-22-16(14(17)18-12)19-15(20-22)13-6-3-7-25-13/h2-9,21H,1H3,(H2,17,18). The summed E-state index contributed by atoms with van der Waals surface area (Å²) in [5.41, 5.74) is 8.08. The van der Waals surface area contributed by atoms with Crippen molar-refractivity contribution in [1.82, 2.24) is 19.6 Å². The van der Waals surface area contributed by atoms with Crippen molar-refractivity contribution in [3.05, 3.63) is 48.9 Å². The van der Waals surface area contributed by atoms with E-state index >= 15 is 0 Å². The SMILES string of the molecule is CS(=O)(=O)Nc1cccc(-c2cn3nc(-c4ccco4)nc3c(N)n2)c1. The van der Waals surface area contributed by atoms with Crippen molar-refractivity contribution in [3.8, 4) is 22.8 Å². The van der Waals surface area contributed by atoms with Crippen LogP contribution in [0.25, 0.3) is 28.5 Å². The average Bonchev–Trinajstić information content (AvgIpc) is 3.22. The number of nitrogen functional groups attached to an aromatic ring is 1. The highest BCUT2D eigenvalue weighted by atomic mass is 32.2. The first-order valence-electron chi connectivity index (χ1n) is 7.54. The number of fused-ring (bicyclic) bond motifs is 1. The normalized spacial score (nSPS) is 11.7. The maximum Gasteiger partial charge on any atom is 0.229 e. The van der Waals surface area contributed by atoms with Crippen LogP contribution in [0.3, 0.4) is 0 Å². The van der Waals surface area contributed by atoms with Crippen molar-refractivity contribution < 1.29 is 12.8 Å². The second-order valence-corrected chi connectivity index (χ2v) is 7.40. The molecule has 0 aliphatic carbocycles. The summed E-state index contributed by atoms with van der Waals surface area (Å²) in [6.45, 7) is 0. The lowest BCUT2D eigenvalue weighted by atomic mass is 10.1. The molecule has 0 aliphatic rings. The molecule has 3 N–H and O–H groups in total. The predicted molar refractivity (Wildman–Crippen MR) is 96.8 cm³/mol. The molecular formula is C16H14N6O3S. The van der Waals surface area contributed by atoms with E-state index in [2.05, 4.69) is 19.8 Å². The fraction of sp³-hybridized carbons (Fsp3) is 0.0625. The van der Waals surface area contributed by atoms with E-state index in [4.69, 9.17) is 10.2 Å². The highest BCUT2D eigenvalue weighted by Gasteiger charge is 2.14. The van der Waals surface area contributed by atoms with Crippen LogP contribution in [0.5, 0.6) is 0 Å². The first-order valence-corrected chi connectivity index (χ1v) is 9.43. The van der Waals surface area contributed by atoms with Crippen LogP contribution >= 0.6 is 0 Å². The van der Waals surface area contributed by atoms with Crippen LogP contribution in [0.2, 0.25) is 0 Å². The summed E-state index contributed by atoms with van der Waals surface area (Å²) in [6, 6.07) is 10.3. The number of anilines is 2. The highest BCUT2D eigenvalue weighted by molar-refractivity contribution is 7.92. The topological polar surface area (TPSA) is 128 Å². The van der Waals surface area contributed by atoms with Crippen LogP contribution in [0.1, 0.15) is 0 Å². The van der Waals surface area contributed by atoms with E-state index in [-0.39, 0.29) is 5.82 Å². The minimum atomic E-state index is -3.37. The third-order valence-corrected chi connectivity index (χ3v) is 4.16. The lowest BCUT2D eigenvalue weighted by Crippen LogP contribution is -2.09. The molecule has 3 heterocycles. The number of benzene rings is 1. The zero-order valence-corrected chi connectivity index (χ0v) is 14.4. The summed E-state index contributed by atoms with van der Waals surface area (Å²) in [6.07, 6.45) is 4.30. The van der Waals surface area contributed by atoms with Gasteiger partial charge < -0.3 is 10.2 Å². The number of nitrogens with one attached hydrogen (secondary N) is 1. The largest absolute Gasteiger partial charge is 0.461 e. The fourth-order valence-corrected chi connectivity index (χ4v) is 3.07. The molecule has 0 atom stereocenters. The Morgan fingerprint density at radius 2 is 2.04 bits per heavy atom. The molecule has 0 amide bonds. The maximum absolute atomic E-state index is 11.4. The third-order valence-electron chi connectivity index (χ3n) is 3.55. The van der Waals surface area contributed by atoms with Crippen LogP contribution in [0, 0.1) is 0 Å². The third kappa shape index (κ3) is 3.09. The summed E-state index contributed by atoms with van der Waals surface area (Å²) >= 11 is 0. The van der Waals surface area contributed by atoms with Gasteiger partial charge in [-0.1, -0.05) is 12.1 Å². The van der Waals surface area contributed by atoms with Gasteiger partial charge in [0, 0.05) is 11.3 Å². The molecule has 1 aromatic carbocycles. The van der Waals surface area contributed by atoms with Gasteiger partial charge in [-0.15, -0.1) is 5.10 Å². The monoisotopic (exact) mass is 370 g/mol. The molecule has 26 heavy (non-hydrogen) atoms. The van der Waals surface area contributed by atoms with Gasteiger partial charge in [0.15, 0.2) is 17.2 Å². The molecular weight excluding hydrogens is 356 g/mol. The summed E-state index contributed by atoms with van der Waals surface area (Å²) in [7, 11) is -3.37. The van der Waals surface area contributed by atoms with Crippen molar-refractivity contribution in [2.75, 3.05) is 16.7 Å². The van der Waals surface area contributed by atoms with Crippen molar-refractivity contribution >= 4 is 27.2 Å². The van der Waals surface area contributed by atoms with Crippen LogP contribution in [-0.4, -0.2) is 34.3 Å². The summed E-state index contributed by atoms with van der Waals surface area (Å²) in [4.78, 5) is 8.68. The molecule has 10 heteroatoms. The molecule has 0 aliphatic heterocycles. The lowest BCUT2D eigenvalue weighted by molar-refractivity contribution is 0.577. The lowest BCUT2D eigenvalue weighted by Gasteiger charge is -2.07. The molecule has 4 aromatic rings. The van der Waals surface area contributed by atoms with Crippen molar-refractivity contribution in [3.63, 3.8) is 0 Å². The van der Waals surface area contributed by atoms with Gasteiger partial charge in [0.2, 0.25) is 15.8 Å². The minimum absolute atomic E-state index is 0.203. The second kappa shape index (κ2) is 5.85. The first-order chi connectivity index (χ1) is 12.4. The van der Waals surface area contributed by atoms with Gasteiger partial charge >= 0.3 is 0 Å². The molecule has 132 valence electrons. The Labute approximate surface area is 148 Å². The van der Waals surface area contributed by atoms with E-state index < -0.39 is 10.0 Å². The van der Waals surface area contributed by atoms with Crippen molar-refractivity contribution in [2.45, 2.75) is 0 Å². The zero-order chi connectivity index (χ0) is 18.3. The van der Waals surface area contributed by atoms with Gasteiger partial charge in [0.25, 0.3) is 0 Å². The molecule has 0 saturated heterocycles. The fourth-order valence-electron chi connectivity index (χ4n) is 2.52. The molecule has 0 bridgehead atoms. The van der Waals surface area contributed by atoms with Gasteiger partial charge in [-0.2, -0.15) is 0 Å². The smallest absolute Gasteiger partial charge is 0.229 e. The van der Waals surface area contributed by atoms with Gasteiger partial charge in [0.05, 0.1) is 24.4 Å². The van der Waals surface area contributed by atoms with Gasteiger partial charge in [0.1, 0.15) is 0 Å². The molecule has 9 nitrogen and oxygen atoms in total. The number of hydrogen-bond acceptors (Lipinski definition) is 7. The first kappa shape index (κ1) is 16.1. The van der Waals surface area contributed by atoms with Crippen molar-refractivity contribution in [1.29, 1.82) is 0 Å². The van der Waals surface area contributed by atoms with Crippen LogP contribution in [0.15, 0.2) is 53.3 Å². The molecule has 0 radical (unpaired) electrons. The number of rotatable bonds is 4. The molecule has 0 spiro atoms. The van der Waals surface area contributed by atoms with Crippen LogP contribution < -0.4 is 10.5 Å². The van der Waals surface area contributed by atoms with E-state index in [9.17, 15) is 8.42 Å². The Hall–Kier alpha value is -3.40. The second-order valence-electron chi connectivity index (χ2n) is 5.65. The van der Waals surface area contributed by atoms with Gasteiger partial charge in [-0.3, -0.25) is 4.72 Å². The van der Waals surface area contributed by atoms with E-state index in [1.54, 1.807) is 42.6 Å². The molecule has 0 fully saturated rings. The highest BCUT2D eigenvalue weighted by Crippen LogP contribution is 2.25. The number of hydrogen-bond donors (Lipinski definition) is 2. The molecule has 0 unspecified atom stereocenters. The van der Waals surface area contributed by atoms with E-state index in [1.165, 1.54) is 10.8 Å². The Morgan fingerprint density at radius 1 is 1.19 bits per heavy atom. The number of aromatic nitrogens is 4.